The van der Waals surface area contributed by atoms with Crippen LogP contribution in [0.15, 0.2) is 32.8 Å². The third-order valence-electron chi connectivity index (χ3n) is 2.73. The van der Waals surface area contributed by atoms with Crippen LogP contribution in [0, 0.1) is 0 Å². The fourth-order valence-corrected chi connectivity index (χ4v) is 2.51. The van der Waals surface area contributed by atoms with Gasteiger partial charge in [0, 0.05) is 12.6 Å². The van der Waals surface area contributed by atoms with Gasteiger partial charge < -0.3 is 9.15 Å². The van der Waals surface area contributed by atoms with E-state index in [2.05, 4.69) is 4.98 Å². The quantitative estimate of drug-likeness (QED) is 0.711. The summed E-state index contributed by atoms with van der Waals surface area (Å²) < 4.78 is 11.6. The Balaban J connectivity index is 2.18. The molecule has 0 aliphatic rings. The molecule has 2 aromatic heterocycles. The van der Waals surface area contributed by atoms with Crippen molar-refractivity contribution < 1.29 is 9.15 Å². The summed E-state index contributed by atoms with van der Waals surface area (Å²) in [5.74, 6) is 0.232. The summed E-state index contributed by atoms with van der Waals surface area (Å²) in [4.78, 5) is 15.7. The lowest BCUT2D eigenvalue weighted by Gasteiger charge is -1.97. The van der Waals surface area contributed by atoms with Gasteiger partial charge in [0.25, 0.3) is 0 Å². The van der Waals surface area contributed by atoms with Crippen molar-refractivity contribution in [3.05, 3.63) is 34.1 Å². The molecule has 6 heteroatoms. The molecule has 0 aliphatic heterocycles. The van der Waals surface area contributed by atoms with E-state index in [1.165, 1.54) is 15.9 Å². The third-order valence-corrected chi connectivity index (χ3v) is 3.60. The maximum Gasteiger partial charge on any atom is 0.419 e. The highest BCUT2D eigenvalue weighted by atomic mass is 32.1. The normalized spacial score (nSPS) is 11.0. The van der Waals surface area contributed by atoms with Gasteiger partial charge in [0.1, 0.15) is 5.01 Å². The van der Waals surface area contributed by atoms with Gasteiger partial charge in [-0.25, -0.2) is 9.78 Å². The van der Waals surface area contributed by atoms with Crippen molar-refractivity contribution in [3.8, 4) is 16.5 Å². The number of methoxy groups -OCH3 is 1. The van der Waals surface area contributed by atoms with Crippen LogP contribution in [0.4, 0.5) is 0 Å². The standard InChI is InChI=1S/C12H10N2O3S/c1-14-8-5-7(3-4-9(8)17-12(14)15)11-13-10(16-2)6-18-11/h3-6H,1-2H3. The van der Waals surface area contributed by atoms with Crippen molar-refractivity contribution >= 4 is 22.4 Å². The zero-order valence-electron chi connectivity index (χ0n) is 9.84. The maximum atomic E-state index is 11.4. The van der Waals surface area contributed by atoms with Gasteiger partial charge in [-0.3, -0.25) is 4.57 Å². The van der Waals surface area contributed by atoms with E-state index in [1.54, 1.807) is 20.2 Å². The zero-order valence-corrected chi connectivity index (χ0v) is 10.7. The van der Waals surface area contributed by atoms with E-state index < -0.39 is 0 Å². The summed E-state index contributed by atoms with van der Waals surface area (Å²) in [6.07, 6.45) is 0. The van der Waals surface area contributed by atoms with E-state index in [0.29, 0.717) is 11.5 Å². The lowest BCUT2D eigenvalue weighted by atomic mass is 10.2. The second kappa shape index (κ2) is 3.99. The van der Waals surface area contributed by atoms with E-state index in [1.807, 2.05) is 17.5 Å². The molecular formula is C12H10N2O3S. The van der Waals surface area contributed by atoms with Gasteiger partial charge in [-0.15, -0.1) is 11.3 Å². The Morgan fingerprint density at radius 3 is 3.00 bits per heavy atom. The van der Waals surface area contributed by atoms with Crippen LogP contribution >= 0.6 is 11.3 Å². The highest BCUT2D eigenvalue weighted by Crippen LogP contribution is 2.28. The number of hydrogen-bond donors (Lipinski definition) is 0. The smallest absolute Gasteiger partial charge is 0.419 e. The third kappa shape index (κ3) is 1.62. The lowest BCUT2D eigenvalue weighted by molar-refractivity contribution is 0.401. The molecule has 0 aliphatic carbocycles. The number of aryl methyl sites for hydroxylation is 1. The van der Waals surface area contributed by atoms with Gasteiger partial charge in [-0.2, -0.15) is 0 Å². The summed E-state index contributed by atoms with van der Waals surface area (Å²) in [7, 11) is 3.27. The molecule has 5 nitrogen and oxygen atoms in total. The number of rotatable bonds is 2. The maximum absolute atomic E-state index is 11.4. The predicted octanol–water partition coefficient (Wildman–Crippen LogP) is 2.26. The fourth-order valence-electron chi connectivity index (χ4n) is 1.75. The van der Waals surface area contributed by atoms with Gasteiger partial charge >= 0.3 is 5.76 Å². The van der Waals surface area contributed by atoms with Gasteiger partial charge in [0.15, 0.2) is 5.58 Å². The summed E-state index contributed by atoms with van der Waals surface area (Å²) in [6.45, 7) is 0. The highest BCUT2D eigenvalue weighted by Gasteiger charge is 2.10. The Hall–Kier alpha value is -2.08. The van der Waals surface area contributed by atoms with E-state index in [0.717, 1.165) is 16.1 Å². The van der Waals surface area contributed by atoms with Gasteiger partial charge in [0.2, 0.25) is 5.88 Å². The van der Waals surface area contributed by atoms with Crippen molar-refractivity contribution in [1.82, 2.24) is 9.55 Å². The second-order valence-corrected chi connectivity index (χ2v) is 4.66. The molecule has 3 rings (SSSR count). The van der Waals surface area contributed by atoms with Crippen LogP contribution in [-0.4, -0.2) is 16.7 Å². The van der Waals surface area contributed by atoms with Crippen molar-refractivity contribution in [2.75, 3.05) is 7.11 Å². The Kier molecular flexibility index (Phi) is 2.45. The molecule has 92 valence electrons. The summed E-state index contributed by atoms with van der Waals surface area (Å²) >= 11 is 1.49. The van der Waals surface area contributed by atoms with Crippen molar-refractivity contribution in [2.24, 2.45) is 7.05 Å². The number of fused-ring (bicyclic) bond motifs is 1. The first-order chi connectivity index (χ1) is 8.69. The Bertz CT molecular complexity index is 769. The van der Waals surface area contributed by atoms with Gasteiger partial charge in [-0.05, 0) is 18.2 Å². The molecule has 0 fully saturated rings. The molecule has 0 saturated heterocycles. The largest absolute Gasteiger partial charge is 0.480 e. The lowest BCUT2D eigenvalue weighted by Crippen LogP contribution is -2.08. The van der Waals surface area contributed by atoms with E-state index in [4.69, 9.17) is 9.15 Å². The number of nitrogens with zero attached hydrogens (tertiary/aromatic N) is 2. The molecule has 0 atom stereocenters. The molecule has 0 spiro atoms. The van der Waals surface area contributed by atoms with Gasteiger partial charge in [0.05, 0.1) is 18.0 Å². The zero-order chi connectivity index (χ0) is 12.7. The average Bonchev–Trinajstić information content (AvgIpc) is 2.96. The number of benzene rings is 1. The molecule has 2 heterocycles. The monoisotopic (exact) mass is 262 g/mol. The molecule has 1 aromatic carbocycles. The van der Waals surface area contributed by atoms with Crippen LogP contribution in [0.5, 0.6) is 5.88 Å². The first-order valence-corrected chi connectivity index (χ1v) is 6.16. The second-order valence-electron chi connectivity index (χ2n) is 3.80. The number of oxazole rings is 1. The van der Waals surface area contributed by atoms with E-state index in [-0.39, 0.29) is 5.76 Å². The predicted molar refractivity (Wildman–Crippen MR) is 69.1 cm³/mol. The van der Waals surface area contributed by atoms with Crippen molar-refractivity contribution in [2.45, 2.75) is 0 Å². The van der Waals surface area contributed by atoms with Crippen LogP contribution in [0.2, 0.25) is 0 Å². The Labute approximate surface area is 106 Å². The van der Waals surface area contributed by atoms with E-state index >= 15 is 0 Å². The SMILES string of the molecule is COc1csc(-c2ccc3oc(=O)n(C)c3c2)n1. The highest BCUT2D eigenvalue weighted by molar-refractivity contribution is 7.13. The first-order valence-electron chi connectivity index (χ1n) is 5.28. The molecule has 18 heavy (non-hydrogen) atoms. The van der Waals surface area contributed by atoms with E-state index in [9.17, 15) is 4.79 Å². The average molecular weight is 262 g/mol. The topological polar surface area (TPSA) is 57.3 Å². The van der Waals surface area contributed by atoms with Crippen LogP contribution in [0.25, 0.3) is 21.7 Å². The first kappa shape index (κ1) is 11.0. The van der Waals surface area contributed by atoms with Crippen LogP contribution in [-0.2, 0) is 7.05 Å². The fraction of sp³-hybridized carbons (Fsp3) is 0.167. The minimum absolute atomic E-state index is 0.362. The molecular weight excluding hydrogens is 252 g/mol. The van der Waals surface area contributed by atoms with Crippen LogP contribution in [0.1, 0.15) is 0 Å². The number of hydrogen-bond acceptors (Lipinski definition) is 5. The molecule has 0 radical (unpaired) electrons. The Morgan fingerprint density at radius 2 is 2.28 bits per heavy atom. The van der Waals surface area contributed by atoms with Crippen molar-refractivity contribution in [1.29, 1.82) is 0 Å². The molecule has 0 saturated carbocycles. The molecule has 0 amide bonds. The number of aromatic nitrogens is 2. The summed E-state index contributed by atoms with van der Waals surface area (Å²) in [6, 6.07) is 5.54. The molecule has 0 N–H and O–H groups in total. The number of ether oxygens (including phenoxy) is 1. The van der Waals surface area contributed by atoms with Crippen LogP contribution in [0.3, 0.4) is 0 Å². The molecule has 0 bridgehead atoms. The summed E-state index contributed by atoms with van der Waals surface area (Å²) in [5.41, 5.74) is 2.27. The molecule has 0 unspecified atom stereocenters. The minimum Gasteiger partial charge on any atom is -0.480 e. The number of thiazole rings is 1. The van der Waals surface area contributed by atoms with Crippen molar-refractivity contribution in [3.63, 3.8) is 0 Å². The molecule has 3 aromatic rings. The minimum atomic E-state index is -0.362. The van der Waals surface area contributed by atoms with Crippen LogP contribution < -0.4 is 10.5 Å². The Morgan fingerprint density at radius 1 is 1.44 bits per heavy atom. The van der Waals surface area contributed by atoms with Gasteiger partial charge in [-0.1, -0.05) is 0 Å². The summed E-state index contributed by atoms with van der Waals surface area (Å²) in [5, 5.41) is 2.69.